The summed E-state index contributed by atoms with van der Waals surface area (Å²) in [6.45, 7) is 6.02. The van der Waals surface area contributed by atoms with Gasteiger partial charge in [-0.2, -0.15) is 0 Å². The van der Waals surface area contributed by atoms with Crippen molar-refractivity contribution in [3.05, 3.63) is 65.2 Å². The first-order valence-electron chi connectivity index (χ1n) is 8.25. The standard InChI is InChI=1S/C20H23NO4/c1-4-24-18-11-9-17(10-12-18)20(23)25-13-19(22)21-15(3)16-7-5-14(2)6-8-16/h5-12,15H,4,13H2,1-3H3,(H,21,22)/t15-/m1/s1. The lowest BCUT2D eigenvalue weighted by Gasteiger charge is -2.14. The molecule has 0 radical (unpaired) electrons. The van der Waals surface area contributed by atoms with Gasteiger partial charge in [0, 0.05) is 0 Å². The second-order valence-electron chi connectivity index (χ2n) is 5.73. The van der Waals surface area contributed by atoms with Crippen LogP contribution in [0.1, 0.15) is 41.4 Å². The molecule has 0 aliphatic heterocycles. The highest BCUT2D eigenvalue weighted by atomic mass is 16.5. The zero-order valence-electron chi connectivity index (χ0n) is 14.7. The molecule has 0 saturated heterocycles. The molecule has 1 atom stereocenters. The van der Waals surface area contributed by atoms with Gasteiger partial charge in [0.2, 0.25) is 0 Å². The van der Waals surface area contributed by atoms with Gasteiger partial charge in [-0.15, -0.1) is 0 Å². The van der Waals surface area contributed by atoms with E-state index in [9.17, 15) is 9.59 Å². The van der Waals surface area contributed by atoms with Crippen LogP contribution in [-0.4, -0.2) is 25.1 Å². The van der Waals surface area contributed by atoms with Gasteiger partial charge in [0.1, 0.15) is 5.75 Å². The Bertz CT molecular complexity index is 707. The van der Waals surface area contributed by atoms with Crippen LogP contribution in [-0.2, 0) is 9.53 Å². The number of ether oxygens (including phenoxy) is 2. The lowest BCUT2D eigenvalue weighted by atomic mass is 10.1. The Labute approximate surface area is 148 Å². The summed E-state index contributed by atoms with van der Waals surface area (Å²) in [6.07, 6.45) is 0. The molecule has 5 nitrogen and oxygen atoms in total. The molecule has 0 heterocycles. The van der Waals surface area contributed by atoms with Gasteiger partial charge in [-0.05, 0) is 50.6 Å². The minimum atomic E-state index is -0.541. The Balaban J connectivity index is 1.82. The maximum atomic E-state index is 12.0. The van der Waals surface area contributed by atoms with Crippen molar-refractivity contribution in [3.8, 4) is 5.75 Å². The van der Waals surface area contributed by atoms with Gasteiger partial charge in [0.15, 0.2) is 6.61 Å². The smallest absolute Gasteiger partial charge is 0.338 e. The van der Waals surface area contributed by atoms with Crippen LogP contribution in [0.25, 0.3) is 0 Å². The maximum Gasteiger partial charge on any atom is 0.338 e. The molecular formula is C20H23NO4. The molecule has 25 heavy (non-hydrogen) atoms. The third kappa shape index (κ3) is 5.64. The topological polar surface area (TPSA) is 64.6 Å². The van der Waals surface area contributed by atoms with Crippen LogP contribution >= 0.6 is 0 Å². The van der Waals surface area contributed by atoms with E-state index in [1.807, 2.05) is 45.0 Å². The average molecular weight is 341 g/mol. The van der Waals surface area contributed by atoms with Gasteiger partial charge in [0.05, 0.1) is 18.2 Å². The van der Waals surface area contributed by atoms with E-state index < -0.39 is 5.97 Å². The van der Waals surface area contributed by atoms with Crippen LogP contribution in [0.5, 0.6) is 5.75 Å². The van der Waals surface area contributed by atoms with Crippen LogP contribution in [0.15, 0.2) is 48.5 Å². The summed E-state index contributed by atoms with van der Waals surface area (Å²) < 4.78 is 10.4. The highest BCUT2D eigenvalue weighted by molar-refractivity contribution is 5.91. The Hall–Kier alpha value is -2.82. The second kappa shape index (κ2) is 8.87. The molecule has 0 saturated carbocycles. The van der Waals surface area contributed by atoms with Crippen molar-refractivity contribution in [2.75, 3.05) is 13.2 Å². The average Bonchev–Trinajstić information content (AvgIpc) is 2.61. The van der Waals surface area contributed by atoms with E-state index >= 15 is 0 Å². The van der Waals surface area contributed by atoms with Crippen molar-refractivity contribution in [1.82, 2.24) is 5.32 Å². The molecule has 0 aliphatic carbocycles. The van der Waals surface area contributed by atoms with E-state index in [0.29, 0.717) is 17.9 Å². The van der Waals surface area contributed by atoms with Crippen molar-refractivity contribution in [1.29, 1.82) is 0 Å². The Morgan fingerprint density at radius 1 is 1.04 bits per heavy atom. The van der Waals surface area contributed by atoms with Gasteiger partial charge < -0.3 is 14.8 Å². The summed E-state index contributed by atoms with van der Waals surface area (Å²) in [4.78, 5) is 23.9. The first kappa shape index (κ1) is 18.5. The van der Waals surface area contributed by atoms with Crippen LogP contribution in [0.2, 0.25) is 0 Å². The molecule has 1 amide bonds. The van der Waals surface area contributed by atoms with Gasteiger partial charge in [-0.25, -0.2) is 4.79 Å². The summed E-state index contributed by atoms with van der Waals surface area (Å²) in [5.41, 5.74) is 2.53. The summed E-state index contributed by atoms with van der Waals surface area (Å²) in [5.74, 6) is -0.197. The molecule has 5 heteroatoms. The first-order valence-corrected chi connectivity index (χ1v) is 8.25. The zero-order chi connectivity index (χ0) is 18.2. The van der Waals surface area contributed by atoms with E-state index in [2.05, 4.69) is 5.32 Å². The monoisotopic (exact) mass is 341 g/mol. The van der Waals surface area contributed by atoms with Crippen LogP contribution < -0.4 is 10.1 Å². The number of hydrogen-bond donors (Lipinski definition) is 1. The van der Waals surface area contributed by atoms with Gasteiger partial charge in [-0.1, -0.05) is 29.8 Å². The molecule has 132 valence electrons. The SMILES string of the molecule is CCOc1ccc(C(=O)OCC(=O)N[C@H](C)c2ccc(C)cc2)cc1. The molecule has 2 aromatic carbocycles. The van der Waals surface area contributed by atoms with Crippen molar-refractivity contribution in [2.45, 2.75) is 26.8 Å². The number of benzene rings is 2. The fourth-order valence-electron chi connectivity index (χ4n) is 2.29. The molecule has 0 fully saturated rings. The molecule has 0 aliphatic rings. The fourth-order valence-corrected chi connectivity index (χ4v) is 2.29. The van der Waals surface area contributed by atoms with Crippen LogP contribution in [0.4, 0.5) is 0 Å². The third-order valence-electron chi connectivity index (χ3n) is 3.69. The molecule has 1 N–H and O–H groups in total. The first-order chi connectivity index (χ1) is 12.0. The Kier molecular flexibility index (Phi) is 6.57. The van der Waals surface area contributed by atoms with Gasteiger partial charge >= 0.3 is 5.97 Å². The molecular weight excluding hydrogens is 318 g/mol. The quantitative estimate of drug-likeness (QED) is 0.784. The predicted octanol–water partition coefficient (Wildman–Crippen LogP) is 3.43. The summed E-state index contributed by atoms with van der Waals surface area (Å²) in [7, 11) is 0. The normalized spacial score (nSPS) is 11.5. The number of esters is 1. The van der Waals surface area contributed by atoms with Gasteiger partial charge in [-0.3, -0.25) is 4.79 Å². The minimum absolute atomic E-state index is 0.155. The van der Waals surface area contributed by atoms with Crippen molar-refractivity contribution in [3.63, 3.8) is 0 Å². The summed E-state index contributed by atoms with van der Waals surface area (Å²) in [5, 5.41) is 2.81. The van der Waals surface area contributed by atoms with Crippen molar-refractivity contribution in [2.24, 2.45) is 0 Å². The number of rotatable bonds is 7. The molecule has 2 aromatic rings. The molecule has 0 aromatic heterocycles. The third-order valence-corrected chi connectivity index (χ3v) is 3.69. The number of carbonyl (C=O) groups is 2. The lowest BCUT2D eigenvalue weighted by molar-refractivity contribution is -0.124. The summed E-state index contributed by atoms with van der Waals surface area (Å²) >= 11 is 0. The van der Waals surface area contributed by atoms with Crippen molar-refractivity contribution >= 4 is 11.9 Å². The summed E-state index contributed by atoms with van der Waals surface area (Å²) in [6, 6.07) is 14.4. The molecule has 0 unspecified atom stereocenters. The number of carbonyl (C=O) groups excluding carboxylic acids is 2. The van der Waals surface area contributed by atoms with E-state index in [4.69, 9.17) is 9.47 Å². The van der Waals surface area contributed by atoms with E-state index in [1.54, 1.807) is 24.3 Å². The number of hydrogen-bond acceptors (Lipinski definition) is 4. The number of aryl methyl sites for hydroxylation is 1. The van der Waals surface area contributed by atoms with E-state index in [-0.39, 0.29) is 18.6 Å². The lowest BCUT2D eigenvalue weighted by Crippen LogP contribution is -2.31. The fraction of sp³-hybridized carbons (Fsp3) is 0.300. The highest BCUT2D eigenvalue weighted by Crippen LogP contribution is 2.14. The number of nitrogens with one attached hydrogen (secondary N) is 1. The zero-order valence-corrected chi connectivity index (χ0v) is 14.7. The largest absolute Gasteiger partial charge is 0.494 e. The van der Waals surface area contributed by atoms with Crippen molar-refractivity contribution < 1.29 is 19.1 Å². The number of amides is 1. The Morgan fingerprint density at radius 3 is 2.28 bits per heavy atom. The van der Waals surface area contributed by atoms with Gasteiger partial charge in [0.25, 0.3) is 5.91 Å². The second-order valence-corrected chi connectivity index (χ2v) is 5.73. The Morgan fingerprint density at radius 2 is 1.68 bits per heavy atom. The molecule has 2 rings (SSSR count). The predicted molar refractivity (Wildman–Crippen MR) is 95.6 cm³/mol. The molecule has 0 bridgehead atoms. The molecule has 0 spiro atoms. The van der Waals surface area contributed by atoms with Crippen LogP contribution in [0.3, 0.4) is 0 Å². The minimum Gasteiger partial charge on any atom is -0.494 e. The van der Waals surface area contributed by atoms with Crippen LogP contribution in [0, 0.1) is 6.92 Å². The maximum absolute atomic E-state index is 12.0. The highest BCUT2D eigenvalue weighted by Gasteiger charge is 2.13. The van der Waals surface area contributed by atoms with E-state index in [0.717, 1.165) is 11.1 Å². The van der Waals surface area contributed by atoms with E-state index in [1.165, 1.54) is 0 Å².